The third-order valence-electron chi connectivity index (χ3n) is 4.64. The summed E-state index contributed by atoms with van der Waals surface area (Å²) in [6.45, 7) is 5.51. The smallest absolute Gasteiger partial charge is 0.331 e. The molecule has 0 fully saturated rings. The van der Waals surface area contributed by atoms with E-state index in [0.717, 1.165) is 16.7 Å². The highest BCUT2D eigenvalue weighted by molar-refractivity contribution is 5.89. The molecule has 1 aliphatic heterocycles. The number of carbonyl (C=O) groups is 2. The third kappa shape index (κ3) is 5.60. The number of ether oxygens (including phenoxy) is 3. The molecule has 0 saturated carbocycles. The Hall–Kier alpha value is -3.28. The Kier molecular flexibility index (Phi) is 6.89. The second kappa shape index (κ2) is 9.78. The normalized spacial score (nSPS) is 12.6. The Bertz CT molecular complexity index is 906. The Labute approximate surface area is 170 Å². The Balaban J connectivity index is 1.53. The molecule has 29 heavy (non-hydrogen) atoms. The third-order valence-corrected chi connectivity index (χ3v) is 4.64. The minimum Gasteiger partial charge on any atom is -0.486 e. The highest BCUT2D eigenvalue weighted by Gasteiger charge is 2.17. The van der Waals surface area contributed by atoms with Crippen LogP contribution in [0.25, 0.3) is 6.08 Å². The molecule has 1 amide bonds. The molecule has 2 aromatic rings. The van der Waals surface area contributed by atoms with Crippen LogP contribution in [-0.4, -0.2) is 43.1 Å². The van der Waals surface area contributed by atoms with Crippen molar-refractivity contribution < 1.29 is 23.8 Å². The van der Waals surface area contributed by atoms with E-state index in [9.17, 15) is 9.59 Å². The highest BCUT2D eigenvalue weighted by Crippen LogP contribution is 2.31. The summed E-state index contributed by atoms with van der Waals surface area (Å²) in [7, 11) is 0. The van der Waals surface area contributed by atoms with E-state index in [0.29, 0.717) is 37.8 Å². The van der Waals surface area contributed by atoms with Gasteiger partial charge < -0.3 is 19.1 Å². The standard InChI is InChI=1S/C23H25NO5/c1-3-24(15-18-8-10-20-21(14-18)28-13-12-27-20)22(25)16-29-23(26)11-9-19-7-5-4-6-17(19)2/h4-11,14H,3,12-13,15-16H2,1-2H3/b11-9+. The van der Waals surface area contributed by atoms with Crippen LogP contribution in [0.5, 0.6) is 11.5 Å². The molecule has 6 nitrogen and oxygen atoms in total. The minimum atomic E-state index is -0.544. The predicted molar refractivity (Wildman–Crippen MR) is 110 cm³/mol. The number of rotatable bonds is 7. The van der Waals surface area contributed by atoms with Crippen molar-refractivity contribution in [1.29, 1.82) is 0 Å². The number of amides is 1. The van der Waals surface area contributed by atoms with Gasteiger partial charge in [0.25, 0.3) is 5.91 Å². The van der Waals surface area contributed by atoms with Crippen molar-refractivity contribution in [3.8, 4) is 11.5 Å². The van der Waals surface area contributed by atoms with Gasteiger partial charge in [0.1, 0.15) is 13.2 Å². The molecule has 0 bridgehead atoms. The predicted octanol–water partition coefficient (Wildman–Crippen LogP) is 3.37. The first kappa shape index (κ1) is 20.5. The van der Waals surface area contributed by atoms with Crippen LogP contribution in [0.2, 0.25) is 0 Å². The van der Waals surface area contributed by atoms with Gasteiger partial charge in [-0.15, -0.1) is 0 Å². The molecule has 0 N–H and O–H groups in total. The zero-order valence-corrected chi connectivity index (χ0v) is 16.7. The lowest BCUT2D eigenvalue weighted by Gasteiger charge is -2.23. The molecule has 0 unspecified atom stereocenters. The first-order chi connectivity index (χ1) is 14.1. The van der Waals surface area contributed by atoms with Crippen LogP contribution in [0.4, 0.5) is 0 Å². The second-order valence-electron chi connectivity index (χ2n) is 6.68. The lowest BCUT2D eigenvalue weighted by atomic mass is 10.1. The first-order valence-corrected chi connectivity index (χ1v) is 9.63. The highest BCUT2D eigenvalue weighted by atomic mass is 16.6. The van der Waals surface area contributed by atoms with E-state index in [2.05, 4.69) is 0 Å². The summed E-state index contributed by atoms with van der Waals surface area (Å²) in [5.41, 5.74) is 2.92. The molecule has 0 radical (unpaired) electrons. The van der Waals surface area contributed by atoms with Gasteiger partial charge in [-0.1, -0.05) is 30.3 Å². The molecule has 2 aromatic carbocycles. The number of nitrogens with zero attached hydrogens (tertiary/aromatic N) is 1. The zero-order valence-electron chi connectivity index (χ0n) is 16.7. The first-order valence-electron chi connectivity index (χ1n) is 9.63. The maximum Gasteiger partial charge on any atom is 0.331 e. The van der Waals surface area contributed by atoms with Crippen LogP contribution in [-0.2, 0) is 20.9 Å². The van der Waals surface area contributed by atoms with Gasteiger partial charge in [0, 0.05) is 19.2 Å². The average Bonchev–Trinajstić information content (AvgIpc) is 2.75. The van der Waals surface area contributed by atoms with E-state index in [4.69, 9.17) is 14.2 Å². The second-order valence-corrected chi connectivity index (χ2v) is 6.68. The Morgan fingerprint density at radius 3 is 2.62 bits per heavy atom. The maximum atomic E-state index is 12.5. The maximum absolute atomic E-state index is 12.5. The quantitative estimate of drug-likeness (QED) is 0.531. The number of aryl methyl sites for hydroxylation is 1. The fourth-order valence-corrected chi connectivity index (χ4v) is 2.99. The van der Waals surface area contributed by atoms with Crippen LogP contribution in [0.3, 0.4) is 0 Å². The van der Waals surface area contributed by atoms with Gasteiger partial charge in [0.2, 0.25) is 0 Å². The number of hydrogen-bond donors (Lipinski definition) is 0. The number of hydrogen-bond acceptors (Lipinski definition) is 5. The van der Waals surface area contributed by atoms with Gasteiger partial charge >= 0.3 is 5.97 Å². The zero-order chi connectivity index (χ0) is 20.6. The van der Waals surface area contributed by atoms with E-state index in [1.807, 2.05) is 56.3 Å². The average molecular weight is 395 g/mol. The number of likely N-dealkylation sites (N-methyl/N-ethyl adjacent to an activating group) is 1. The SMILES string of the molecule is CCN(Cc1ccc2c(c1)OCCO2)C(=O)COC(=O)/C=C/c1ccccc1C. The monoisotopic (exact) mass is 395 g/mol. The molecule has 1 heterocycles. The molecule has 0 atom stereocenters. The minimum absolute atomic E-state index is 0.250. The summed E-state index contributed by atoms with van der Waals surface area (Å²) in [4.78, 5) is 26.0. The van der Waals surface area contributed by atoms with Crippen LogP contribution in [0, 0.1) is 6.92 Å². The van der Waals surface area contributed by atoms with Gasteiger partial charge in [-0.25, -0.2) is 4.79 Å². The van der Waals surface area contributed by atoms with Crippen molar-refractivity contribution in [2.75, 3.05) is 26.4 Å². The molecule has 0 aromatic heterocycles. The van der Waals surface area contributed by atoms with Crippen LogP contribution in [0.1, 0.15) is 23.6 Å². The summed E-state index contributed by atoms with van der Waals surface area (Å²) in [6.07, 6.45) is 3.03. The van der Waals surface area contributed by atoms with Crippen molar-refractivity contribution in [3.05, 3.63) is 65.2 Å². The van der Waals surface area contributed by atoms with Crippen LogP contribution < -0.4 is 9.47 Å². The summed E-state index contributed by atoms with van der Waals surface area (Å²) in [5.74, 6) is 0.603. The van der Waals surface area contributed by atoms with Crippen LogP contribution >= 0.6 is 0 Å². The van der Waals surface area contributed by atoms with Gasteiger partial charge in [-0.3, -0.25) is 4.79 Å². The van der Waals surface area contributed by atoms with E-state index in [1.54, 1.807) is 11.0 Å². The van der Waals surface area contributed by atoms with Gasteiger partial charge in [0.05, 0.1) is 0 Å². The summed E-state index contributed by atoms with van der Waals surface area (Å²) in [6, 6.07) is 13.3. The number of carbonyl (C=O) groups excluding carboxylic acids is 2. The topological polar surface area (TPSA) is 65.1 Å². The molecular weight excluding hydrogens is 370 g/mol. The molecule has 0 saturated heterocycles. The van der Waals surface area contributed by atoms with Crippen molar-refractivity contribution in [2.24, 2.45) is 0 Å². The van der Waals surface area contributed by atoms with E-state index < -0.39 is 5.97 Å². The van der Waals surface area contributed by atoms with E-state index in [-0.39, 0.29) is 12.5 Å². The fourth-order valence-electron chi connectivity index (χ4n) is 2.99. The van der Waals surface area contributed by atoms with Crippen molar-refractivity contribution >= 4 is 18.0 Å². The number of fused-ring (bicyclic) bond motifs is 1. The van der Waals surface area contributed by atoms with Crippen LogP contribution in [0.15, 0.2) is 48.5 Å². The van der Waals surface area contributed by atoms with Crippen molar-refractivity contribution in [1.82, 2.24) is 4.90 Å². The van der Waals surface area contributed by atoms with E-state index in [1.165, 1.54) is 6.08 Å². The Morgan fingerprint density at radius 1 is 1.10 bits per heavy atom. The molecule has 0 aliphatic carbocycles. The summed E-state index contributed by atoms with van der Waals surface area (Å²) < 4.78 is 16.2. The lowest BCUT2D eigenvalue weighted by molar-refractivity contribution is -0.148. The lowest BCUT2D eigenvalue weighted by Crippen LogP contribution is -2.34. The largest absolute Gasteiger partial charge is 0.486 e. The molecule has 6 heteroatoms. The summed E-state index contributed by atoms with van der Waals surface area (Å²) >= 11 is 0. The molecule has 152 valence electrons. The van der Waals surface area contributed by atoms with Gasteiger partial charge in [0.15, 0.2) is 18.1 Å². The van der Waals surface area contributed by atoms with Crippen molar-refractivity contribution in [2.45, 2.75) is 20.4 Å². The Morgan fingerprint density at radius 2 is 1.86 bits per heavy atom. The van der Waals surface area contributed by atoms with E-state index >= 15 is 0 Å². The number of benzene rings is 2. The number of esters is 1. The van der Waals surface area contributed by atoms with Gasteiger partial charge in [-0.2, -0.15) is 0 Å². The molecular formula is C23H25NO5. The fraction of sp³-hybridized carbons (Fsp3) is 0.304. The van der Waals surface area contributed by atoms with Crippen molar-refractivity contribution in [3.63, 3.8) is 0 Å². The molecule has 3 rings (SSSR count). The molecule has 1 aliphatic rings. The summed E-state index contributed by atoms with van der Waals surface area (Å²) in [5, 5.41) is 0. The molecule has 0 spiro atoms. The van der Waals surface area contributed by atoms with Gasteiger partial charge in [-0.05, 0) is 48.7 Å².